The number of carbonyl (C=O) groups excluding carboxylic acids is 1. The average molecular weight is 279 g/mol. The zero-order chi connectivity index (χ0) is 14.1. The van der Waals surface area contributed by atoms with Crippen molar-refractivity contribution in [3.63, 3.8) is 0 Å². The Kier molecular flexibility index (Phi) is 3.99. The van der Waals surface area contributed by atoms with Crippen molar-refractivity contribution in [3.8, 4) is 0 Å². The largest absolute Gasteiger partial charge is 0.481 e. The number of rotatable bonds is 4. The maximum atomic E-state index is 12.4. The van der Waals surface area contributed by atoms with Crippen molar-refractivity contribution >= 4 is 11.9 Å². The molecule has 2 atom stereocenters. The van der Waals surface area contributed by atoms with Crippen LogP contribution in [0, 0.1) is 23.7 Å². The highest BCUT2D eigenvalue weighted by Crippen LogP contribution is 2.44. The Balaban J connectivity index is 1.56. The van der Waals surface area contributed by atoms with Crippen LogP contribution in [0.2, 0.25) is 0 Å². The molecule has 2 aliphatic carbocycles. The molecule has 0 radical (unpaired) electrons. The second kappa shape index (κ2) is 5.74. The van der Waals surface area contributed by atoms with Gasteiger partial charge in [0.1, 0.15) is 0 Å². The first kappa shape index (κ1) is 13.9. The van der Waals surface area contributed by atoms with E-state index in [-0.39, 0.29) is 17.7 Å². The molecule has 1 aliphatic heterocycles. The number of hydrogen-bond acceptors (Lipinski definition) is 2. The minimum Gasteiger partial charge on any atom is -0.481 e. The summed E-state index contributed by atoms with van der Waals surface area (Å²) in [7, 11) is 0. The summed E-state index contributed by atoms with van der Waals surface area (Å²) in [6, 6.07) is 0. The lowest BCUT2D eigenvalue weighted by atomic mass is 9.87. The van der Waals surface area contributed by atoms with Crippen LogP contribution < -0.4 is 0 Å². The van der Waals surface area contributed by atoms with Gasteiger partial charge in [-0.15, -0.1) is 0 Å². The van der Waals surface area contributed by atoms with E-state index in [2.05, 4.69) is 0 Å². The second-order valence-electron chi connectivity index (χ2n) is 6.95. The summed E-state index contributed by atoms with van der Waals surface area (Å²) < 4.78 is 0. The summed E-state index contributed by atoms with van der Waals surface area (Å²) in [5.41, 5.74) is 0. The smallest absolute Gasteiger partial charge is 0.308 e. The molecule has 4 nitrogen and oxygen atoms in total. The normalized spacial score (nSPS) is 31.5. The molecule has 3 aliphatic rings. The van der Waals surface area contributed by atoms with Gasteiger partial charge in [0, 0.05) is 19.5 Å². The highest BCUT2D eigenvalue weighted by Gasteiger charge is 2.46. The van der Waals surface area contributed by atoms with Gasteiger partial charge in [-0.3, -0.25) is 9.59 Å². The van der Waals surface area contributed by atoms with Gasteiger partial charge in [0.15, 0.2) is 0 Å². The highest BCUT2D eigenvalue weighted by atomic mass is 16.4. The predicted octanol–water partition coefficient (Wildman–Crippen LogP) is 2.53. The lowest BCUT2D eigenvalue weighted by Crippen LogP contribution is -2.31. The van der Waals surface area contributed by atoms with Crippen molar-refractivity contribution in [2.24, 2.45) is 23.7 Å². The number of aliphatic carboxylic acids is 1. The lowest BCUT2D eigenvalue weighted by molar-refractivity contribution is -0.142. The van der Waals surface area contributed by atoms with Gasteiger partial charge in [-0.2, -0.15) is 0 Å². The third-order valence-corrected chi connectivity index (χ3v) is 5.45. The summed E-state index contributed by atoms with van der Waals surface area (Å²) in [6.45, 7) is 1.13. The van der Waals surface area contributed by atoms with E-state index in [1.807, 2.05) is 4.90 Å². The Labute approximate surface area is 120 Å². The molecule has 0 aromatic heterocycles. The Bertz CT molecular complexity index is 385. The fourth-order valence-electron chi connectivity index (χ4n) is 4.06. The molecule has 20 heavy (non-hydrogen) atoms. The van der Waals surface area contributed by atoms with E-state index in [0.29, 0.717) is 31.3 Å². The molecule has 3 fully saturated rings. The summed E-state index contributed by atoms with van der Waals surface area (Å²) in [5, 5.41) is 9.34. The summed E-state index contributed by atoms with van der Waals surface area (Å²) >= 11 is 0. The van der Waals surface area contributed by atoms with Crippen molar-refractivity contribution in [2.45, 2.75) is 51.4 Å². The van der Waals surface area contributed by atoms with E-state index in [0.717, 1.165) is 12.8 Å². The quantitative estimate of drug-likeness (QED) is 0.860. The van der Waals surface area contributed by atoms with E-state index in [1.165, 1.54) is 32.1 Å². The van der Waals surface area contributed by atoms with Crippen molar-refractivity contribution in [3.05, 3.63) is 0 Å². The fraction of sp³-hybridized carbons (Fsp3) is 0.875. The van der Waals surface area contributed by atoms with Crippen LogP contribution in [0.4, 0.5) is 0 Å². The second-order valence-corrected chi connectivity index (χ2v) is 6.95. The Morgan fingerprint density at radius 3 is 2.30 bits per heavy atom. The maximum Gasteiger partial charge on any atom is 0.308 e. The minimum absolute atomic E-state index is 0.200. The molecule has 3 rings (SSSR count). The highest BCUT2D eigenvalue weighted by molar-refractivity contribution is 5.79. The number of carboxylic acid groups (broad SMARTS) is 1. The predicted molar refractivity (Wildman–Crippen MR) is 75.1 cm³/mol. The number of nitrogens with zero attached hydrogens (tertiary/aromatic N) is 1. The van der Waals surface area contributed by atoms with Gasteiger partial charge < -0.3 is 10.0 Å². The van der Waals surface area contributed by atoms with Crippen LogP contribution >= 0.6 is 0 Å². The summed E-state index contributed by atoms with van der Waals surface area (Å²) in [4.78, 5) is 25.6. The molecule has 1 amide bonds. The molecular weight excluding hydrogens is 254 g/mol. The van der Waals surface area contributed by atoms with Crippen molar-refractivity contribution < 1.29 is 14.7 Å². The first-order chi connectivity index (χ1) is 9.65. The number of likely N-dealkylation sites (tertiary alicyclic amines) is 1. The van der Waals surface area contributed by atoms with Gasteiger partial charge >= 0.3 is 5.97 Å². The Hall–Kier alpha value is -1.06. The van der Waals surface area contributed by atoms with E-state index >= 15 is 0 Å². The van der Waals surface area contributed by atoms with Crippen molar-refractivity contribution in [1.29, 1.82) is 0 Å². The van der Waals surface area contributed by atoms with Crippen LogP contribution in [0.3, 0.4) is 0 Å². The van der Waals surface area contributed by atoms with Gasteiger partial charge in [0.2, 0.25) is 5.91 Å². The molecule has 0 unspecified atom stereocenters. The van der Waals surface area contributed by atoms with Gasteiger partial charge in [-0.05, 0) is 43.4 Å². The lowest BCUT2D eigenvalue weighted by Gasteiger charge is -2.24. The molecule has 0 aromatic carbocycles. The molecule has 0 spiro atoms. The van der Waals surface area contributed by atoms with Crippen molar-refractivity contribution in [2.75, 3.05) is 13.1 Å². The van der Waals surface area contributed by atoms with Crippen LogP contribution in [-0.2, 0) is 9.59 Å². The number of carbonyl (C=O) groups is 2. The van der Waals surface area contributed by atoms with Crippen molar-refractivity contribution in [1.82, 2.24) is 4.90 Å². The van der Waals surface area contributed by atoms with E-state index < -0.39 is 5.97 Å². The van der Waals surface area contributed by atoms with Gasteiger partial charge in [-0.25, -0.2) is 0 Å². The molecule has 0 bridgehead atoms. The molecule has 112 valence electrons. The number of hydrogen-bond donors (Lipinski definition) is 1. The van der Waals surface area contributed by atoms with E-state index in [4.69, 9.17) is 0 Å². The zero-order valence-corrected chi connectivity index (χ0v) is 12.1. The molecule has 1 heterocycles. The van der Waals surface area contributed by atoms with E-state index in [1.54, 1.807) is 0 Å². The fourth-order valence-corrected chi connectivity index (χ4v) is 4.06. The van der Waals surface area contributed by atoms with Crippen LogP contribution in [0.1, 0.15) is 51.4 Å². The van der Waals surface area contributed by atoms with Gasteiger partial charge in [-0.1, -0.05) is 19.3 Å². The SMILES string of the molecule is O=C(O)[C@H]1CN(C(=O)CC2CCCCC2)C[C@@H]1C1CC1. The minimum atomic E-state index is -0.713. The zero-order valence-electron chi connectivity index (χ0n) is 12.1. The van der Waals surface area contributed by atoms with Crippen LogP contribution in [0.25, 0.3) is 0 Å². The van der Waals surface area contributed by atoms with Crippen LogP contribution in [0.5, 0.6) is 0 Å². The third kappa shape index (κ3) is 2.99. The van der Waals surface area contributed by atoms with Crippen LogP contribution in [0.15, 0.2) is 0 Å². The number of amides is 1. The summed E-state index contributed by atoms with van der Waals surface area (Å²) in [6.07, 6.45) is 9.10. The maximum absolute atomic E-state index is 12.4. The van der Waals surface area contributed by atoms with Gasteiger partial charge in [0.25, 0.3) is 0 Å². The molecule has 1 N–H and O–H groups in total. The standard InChI is InChI=1S/C16H25NO3/c18-15(8-11-4-2-1-3-5-11)17-9-13(12-6-7-12)14(10-17)16(19)20/h11-14H,1-10H2,(H,19,20)/t13-,14+/m1/s1. The molecule has 4 heteroatoms. The summed E-state index contributed by atoms with van der Waals surface area (Å²) in [5.74, 6) is 0.477. The molecule has 2 saturated carbocycles. The number of carboxylic acids is 1. The Morgan fingerprint density at radius 1 is 1.00 bits per heavy atom. The molecular formula is C16H25NO3. The Morgan fingerprint density at radius 2 is 1.70 bits per heavy atom. The van der Waals surface area contributed by atoms with Crippen LogP contribution in [-0.4, -0.2) is 35.0 Å². The monoisotopic (exact) mass is 279 g/mol. The average Bonchev–Trinajstić information content (AvgIpc) is 3.18. The topological polar surface area (TPSA) is 57.6 Å². The molecule has 0 aromatic rings. The first-order valence-corrected chi connectivity index (χ1v) is 8.15. The van der Waals surface area contributed by atoms with E-state index in [9.17, 15) is 14.7 Å². The first-order valence-electron chi connectivity index (χ1n) is 8.15. The molecule has 1 saturated heterocycles. The third-order valence-electron chi connectivity index (χ3n) is 5.45. The van der Waals surface area contributed by atoms with Gasteiger partial charge in [0.05, 0.1) is 5.92 Å².